The van der Waals surface area contributed by atoms with Gasteiger partial charge in [0.15, 0.2) is 0 Å². The molecule has 0 bridgehead atoms. The summed E-state index contributed by atoms with van der Waals surface area (Å²) in [7, 11) is 0. The number of hydrogen-bond donors (Lipinski definition) is 3. The zero-order valence-electron chi connectivity index (χ0n) is 13.8. The first kappa shape index (κ1) is 20.3. The number of nitrogens with two attached hydrogens (primary N) is 2. The van der Waals surface area contributed by atoms with Crippen LogP contribution in [0.25, 0.3) is 0 Å². The lowest BCUT2D eigenvalue weighted by Gasteiger charge is -2.24. The summed E-state index contributed by atoms with van der Waals surface area (Å²) < 4.78 is 10.8. The average molecular weight is 304 g/mol. The van der Waals surface area contributed by atoms with Crippen molar-refractivity contribution < 1.29 is 19.4 Å². The zero-order valence-corrected chi connectivity index (χ0v) is 13.8. The molecule has 0 aliphatic carbocycles. The quantitative estimate of drug-likeness (QED) is 0.387. The molecule has 0 aliphatic rings. The van der Waals surface area contributed by atoms with Crippen LogP contribution in [0, 0.1) is 0 Å². The van der Waals surface area contributed by atoms with Crippen LogP contribution in [0.4, 0.5) is 0 Å². The van der Waals surface area contributed by atoms with Gasteiger partial charge in [0.1, 0.15) is 12.1 Å². The van der Waals surface area contributed by atoms with E-state index in [9.17, 15) is 9.90 Å². The molecular weight excluding hydrogens is 272 g/mol. The summed E-state index contributed by atoms with van der Waals surface area (Å²) in [5.41, 5.74) is 10.4. The number of ether oxygens (including phenoxy) is 2. The Labute approximate surface area is 128 Å². The number of unbranched alkanes of at least 4 members (excludes halogenated alkanes) is 1. The highest BCUT2D eigenvalue weighted by atomic mass is 16.6. The lowest BCUT2D eigenvalue weighted by atomic mass is 10.0. The molecule has 0 radical (unpaired) electrons. The minimum atomic E-state index is -0.773. The minimum absolute atomic E-state index is 0.107. The third-order valence-electron chi connectivity index (χ3n) is 2.99. The maximum atomic E-state index is 11.7. The molecule has 0 rings (SSSR count). The Morgan fingerprint density at radius 2 is 1.86 bits per heavy atom. The lowest BCUT2D eigenvalue weighted by Crippen LogP contribution is -2.36. The monoisotopic (exact) mass is 304 g/mol. The Hall–Kier alpha value is -0.690. The van der Waals surface area contributed by atoms with Gasteiger partial charge in [-0.3, -0.25) is 4.79 Å². The predicted octanol–water partition coefficient (Wildman–Crippen LogP) is 0.941. The van der Waals surface area contributed by atoms with Crippen LogP contribution in [0.15, 0.2) is 0 Å². The van der Waals surface area contributed by atoms with Crippen molar-refractivity contribution in [1.82, 2.24) is 0 Å². The van der Waals surface area contributed by atoms with Gasteiger partial charge in [-0.15, -0.1) is 0 Å². The minimum Gasteiger partial charge on any atom is -0.459 e. The standard InChI is InChI=1S/C15H32N2O4/c1-11(9-15(3,4)19)20-10-12(2)21-14(18)13(17)7-5-6-8-16/h11-13,19H,5-10,16-17H2,1-4H3. The van der Waals surface area contributed by atoms with E-state index in [0.717, 1.165) is 12.8 Å². The van der Waals surface area contributed by atoms with Crippen LogP contribution in [-0.2, 0) is 14.3 Å². The second-order valence-electron chi connectivity index (χ2n) is 6.30. The van der Waals surface area contributed by atoms with Crippen LogP contribution < -0.4 is 11.5 Å². The van der Waals surface area contributed by atoms with Crippen molar-refractivity contribution in [2.75, 3.05) is 13.2 Å². The number of esters is 1. The molecule has 3 atom stereocenters. The fourth-order valence-electron chi connectivity index (χ4n) is 2.01. The van der Waals surface area contributed by atoms with Crippen molar-refractivity contribution in [2.24, 2.45) is 11.5 Å². The summed E-state index contributed by atoms with van der Waals surface area (Å²) in [4.78, 5) is 11.7. The van der Waals surface area contributed by atoms with Crippen molar-refractivity contribution in [3.8, 4) is 0 Å². The van der Waals surface area contributed by atoms with E-state index in [-0.39, 0.29) is 12.2 Å². The number of carbonyl (C=O) groups is 1. The first-order valence-electron chi connectivity index (χ1n) is 7.66. The van der Waals surface area contributed by atoms with Crippen molar-refractivity contribution in [3.63, 3.8) is 0 Å². The Kier molecular flexibility index (Phi) is 9.77. The molecule has 0 amide bonds. The van der Waals surface area contributed by atoms with Crippen molar-refractivity contribution in [1.29, 1.82) is 0 Å². The van der Waals surface area contributed by atoms with Crippen LogP contribution in [0.3, 0.4) is 0 Å². The van der Waals surface area contributed by atoms with E-state index >= 15 is 0 Å². The number of rotatable bonds is 11. The second kappa shape index (κ2) is 10.1. The molecule has 0 saturated carbocycles. The predicted molar refractivity (Wildman–Crippen MR) is 82.8 cm³/mol. The Morgan fingerprint density at radius 1 is 1.24 bits per heavy atom. The number of hydrogen-bond acceptors (Lipinski definition) is 6. The highest BCUT2D eigenvalue weighted by Crippen LogP contribution is 2.13. The van der Waals surface area contributed by atoms with E-state index in [2.05, 4.69) is 0 Å². The van der Waals surface area contributed by atoms with Gasteiger partial charge in [-0.1, -0.05) is 6.42 Å². The molecule has 0 aromatic heterocycles. The summed E-state index contributed by atoms with van der Waals surface area (Å²) in [5.74, 6) is -0.404. The third-order valence-corrected chi connectivity index (χ3v) is 2.99. The molecule has 21 heavy (non-hydrogen) atoms. The molecule has 0 aromatic carbocycles. The normalized spacial score (nSPS) is 16.3. The molecule has 0 aliphatic heterocycles. The van der Waals surface area contributed by atoms with Crippen molar-refractivity contribution >= 4 is 5.97 Å². The zero-order chi connectivity index (χ0) is 16.5. The maximum absolute atomic E-state index is 11.7. The molecular formula is C15H32N2O4. The molecule has 0 spiro atoms. The molecule has 126 valence electrons. The number of carbonyl (C=O) groups excluding carboxylic acids is 1. The van der Waals surface area contributed by atoms with Crippen LogP contribution in [-0.4, -0.2) is 48.1 Å². The van der Waals surface area contributed by atoms with Gasteiger partial charge in [-0.25, -0.2) is 0 Å². The summed E-state index contributed by atoms with van der Waals surface area (Å²) in [6.07, 6.45) is 2.31. The van der Waals surface area contributed by atoms with Gasteiger partial charge in [0, 0.05) is 6.42 Å². The van der Waals surface area contributed by atoms with Gasteiger partial charge in [0.2, 0.25) is 0 Å². The molecule has 5 N–H and O–H groups in total. The SMILES string of the molecule is CC(CC(C)(C)O)OCC(C)OC(=O)C(N)CCCCN. The molecule has 0 heterocycles. The maximum Gasteiger partial charge on any atom is 0.323 e. The van der Waals surface area contributed by atoms with E-state index < -0.39 is 17.6 Å². The Balaban J connectivity index is 3.91. The van der Waals surface area contributed by atoms with Gasteiger partial charge < -0.3 is 26.0 Å². The van der Waals surface area contributed by atoms with E-state index in [4.69, 9.17) is 20.9 Å². The highest BCUT2D eigenvalue weighted by Gasteiger charge is 2.20. The molecule has 3 unspecified atom stereocenters. The van der Waals surface area contributed by atoms with E-state index in [1.165, 1.54) is 0 Å². The van der Waals surface area contributed by atoms with Crippen LogP contribution in [0.1, 0.15) is 53.4 Å². The Morgan fingerprint density at radius 3 is 2.38 bits per heavy atom. The van der Waals surface area contributed by atoms with E-state index in [0.29, 0.717) is 26.0 Å². The van der Waals surface area contributed by atoms with Crippen molar-refractivity contribution in [2.45, 2.75) is 77.2 Å². The lowest BCUT2D eigenvalue weighted by molar-refractivity contribution is -0.154. The average Bonchev–Trinajstić information content (AvgIpc) is 2.34. The van der Waals surface area contributed by atoms with Gasteiger partial charge >= 0.3 is 5.97 Å². The highest BCUT2D eigenvalue weighted by molar-refractivity contribution is 5.75. The first-order chi connectivity index (χ1) is 9.65. The van der Waals surface area contributed by atoms with Crippen LogP contribution >= 0.6 is 0 Å². The molecule has 0 saturated heterocycles. The van der Waals surface area contributed by atoms with Crippen LogP contribution in [0.2, 0.25) is 0 Å². The summed E-state index contributed by atoms with van der Waals surface area (Å²) in [5, 5.41) is 9.68. The third kappa shape index (κ3) is 11.6. The smallest absolute Gasteiger partial charge is 0.323 e. The number of aliphatic hydroxyl groups is 1. The first-order valence-corrected chi connectivity index (χ1v) is 7.66. The largest absolute Gasteiger partial charge is 0.459 e. The molecule has 6 heteroatoms. The van der Waals surface area contributed by atoms with Gasteiger partial charge in [-0.2, -0.15) is 0 Å². The van der Waals surface area contributed by atoms with E-state index in [1.807, 2.05) is 6.92 Å². The fraction of sp³-hybridized carbons (Fsp3) is 0.933. The summed E-state index contributed by atoms with van der Waals surface area (Å²) in [6, 6.07) is -0.604. The van der Waals surface area contributed by atoms with Gasteiger partial charge in [0.05, 0.1) is 18.3 Å². The molecule has 6 nitrogen and oxygen atoms in total. The molecule has 0 aromatic rings. The fourth-order valence-corrected chi connectivity index (χ4v) is 2.01. The molecule has 0 fully saturated rings. The van der Waals surface area contributed by atoms with Crippen molar-refractivity contribution in [3.05, 3.63) is 0 Å². The van der Waals surface area contributed by atoms with Crippen LogP contribution in [0.5, 0.6) is 0 Å². The topological polar surface area (TPSA) is 108 Å². The van der Waals surface area contributed by atoms with Gasteiger partial charge in [0.25, 0.3) is 0 Å². The summed E-state index contributed by atoms with van der Waals surface area (Å²) in [6.45, 7) is 8.00. The Bertz CT molecular complexity index is 292. The second-order valence-corrected chi connectivity index (χ2v) is 6.30. The summed E-state index contributed by atoms with van der Waals surface area (Å²) >= 11 is 0. The van der Waals surface area contributed by atoms with Gasteiger partial charge in [-0.05, 0) is 47.1 Å². The van der Waals surface area contributed by atoms with E-state index in [1.54, 1.807) is 20.8 Å².